The van der Waals surface area contributed by atoms with Gasteiger partial charge < -0.3 is 9.64 Å². The maximum atomic E-state index is 9.29. The number of nitriles is 1. The molecule has 0 amide bonds. The lowest BCUT2D eigenvalue weighted by Gasteiger charge is -2.28. The molecule has 2 aliphatic carbocycles. The highest BCUT2D eigenvalue weighted by molar-refractivity contribution is 8.03. The molecule has 8 rings (SSSR count). The lowest BCUT2D eigenvalue weighted by Crippen LogP contribution is -2.27. The molecule has 0 bridgehead atoms. The van der Waals surface area contributed by atoms with Crippen molar-refractivity contribution in [3.8, 4) is 11.2 Å². The number of nitrogens with zero attached hydrogens (tertiary/aromatic N) is 2. The van der Waals surface area contributed by atoms with Gasteiger partial charge in [0.15, 0.2) is 0 Å². The highest BCUT2D eigenvalue weighted by Gasteiger charge is 2.41. The molecule has 0 N–H and O–H groups in total. The summed E-state index contributed by atoms with van der Waals surface area (Å²) in [5.74, 6) is 1.74. The number of anilines is 1. The zero-order valence-electron chi connectivity index (χ0n) is 35.1. The van der Waals surface area contributed by atoms with Gasteiger partial charge in [0.25, 0.3) is 0 Å². The van der Waals surface area contributed by atoms with E-state index in [2.05, 4.69) is 149 Å². The maximum absolute atomic E-state index is 9.29. The number of benzene rings is 5. The Hall–Kier alpha value is -5.24. The summed E-state index contributed by atoms with van der Waals surface area (Å²) in [6.45, 7) is 15.2. The van der Waals surface area contributed by atoms with Crippen LogP contribution >= 0.6 is 11.8 Å². The number of hydrogen-bond acceptors (Lipinski definition) is 4. The standard InChI is InChI=1S/C54H56N2OS/c1-7-9-20-45-46-31-23-37-16-11-13-21-43(37)50(46)53(3,4)47(45)32-24-39-18-15-19-40(52(39)57-41-27-29-42(30-28-41)58-36-55)26-34-49-54(5,6)51-44-22-14-12-17-38(44)25-33-48(51)56(49)35-10-8-2/h11-14,16-17,21-34H,7-10,15,18-20,35H2,1-6H3/b32-24+,40-26+,49-34+. The molecule has 0 aromatic heterocycles. The number of fused-ring (bicyclic) bond motifs is 6. The summed E-state index contributed by atoms with van der Waals surface area (Å²) in [5.41, 5.74) is 12.0. The lowest BCUT2D eigenvalue weighted by atomic mass is 9.78. The zero-order valence-corrected chi connectivity index (χ0v) is 35.9. The highest BCUT2D eigenvalue weighted by Crippen LogP contribution is 2.53. The molecule has 1 aliphatic heterocycles. The molecule has 0 fully saturated rings. The first kappa shape index (κ1) is 39.6. The van der Waals surface area contributed by atoms with E-state index >= 15 is 0 Å². The van der Waals surface area contributed by atoms with Crippen molar-refractivity contribution in [2.45, 2.75) is 109 Å². The Bertz CT molecular complexity index is 2570. The summed E-state index contributed by atoms with van der Waals surface area (Å²) >= 11 is 1.18. The fourth-order valence-electron chi connectivity index (χ4n) is 9.84. The third kappa shape index (κ3) is 7.24. The molecule has 0 spiro atoms. The molecular weight excluding hydrogens is 725 g/mol. The van der Waals surface area contributed by atoms with Gasteiger partial charge in [0, 0.05) is 33.7 Å². The second kappa shape index (κ2) is 16.6. The first-order chi connectivity index (χ1) is 28.2. The van der Waals surface area contributed by atoms with Crippen LogP contribution in [0.15, 0.2) is 154 Å². The summed E-state index contributed by atoms with van der Waals surface area (Å²) in [5, 5.41) is 16.8. The molecule has 294 valence electrons. The molecule has 1 heterocycles. The molecule has 0 unspecified atom stereocenters. The third-order valence-electron chi connectivity index (χ3n) is 12.7. The van der Waals surface area contributed by atoms with E-state index in [1.807, 2.05) is 24.3 Å². The average molecular weight is 781 g/mol. The van der Waals surface area contributed by atoms with E-state index < -0.39 is 0 Å². The molecule has 0 radical (unpaired) electrons. The third-order valence-corrected chi connectivity index (χ3v) is 13.3. The van der Waals surface area contributed by atoms with Crippen LogP contribution in [0.2, 0.25) is 0 Å². The molecule has 3 aliphatic rings. The van der Waals surface area contributed by atoms with E-state index in [1.165, 1.54) is 90.1 Å². The Labute approximate surface area is 350 Å². The number of unbranched alkanes of at least 4 members (excludes halogenated alkanes) is 2. The number of thioether (sulfide) groups is 1. The number of rotatable bonds is 12. The van der Waals surface area contributed by atoms with Gasteiger partial charge in [0.05, 0.1) is 0 Å². The lowest BCUT2D eigenvalue weighted by molar-refractivity contribution is 0.415. The summed E-state index contributed by atoms with van der Waals surface area (Å²) in [7, 11) is 0. The molecule has 3 nitrogen and oxygen atoms in total. The van der Waals surface area contributed by atoms with Crippen LogP contribution in [-0.2, 0) is 10.8 Å². The fraction of sp³-hybridized carbons (Fsp3) is 0.315. The van der Waals surface area contributed by atoms with Gasteiger partial charge >= 0.3 is 0 Å². The summed E-state index contributed by atoms with van der Waals surface area (Å²) in [4.78, 5) is 3.49. The molecule has 0 saturated heterocycles. The van der Waals surface area contributed by atoms with E-state index in [0.717, 1.165) is 67.9 Å². The van der Waals surface area contributed by atoms with Crippen LogP contribution in [0, 0.1) is 10.7 Å². The number of thiocyanates is 1. The topological polar surface area (TPSA) is 36.3 Å². The van der Waals surface area contributed by atoms with Crippen LogP contribution in [0.3, 0.4) is 0 Å². The van der Waals surface area contributed by atoms with E-state index in [0.29, 0.717) is 0 Å². The minimum Gasteiger partial charge on any atom is -0.457 e. The Balaban J connectivity index is 1.24. The highest BCUT2D eigenvalue weighted by atomic mass is 32.2. The normalized spacial score (nSPS) is 18.5. The zero-order chi connectivity index (χ0) is 40.4. The van der Waals surface area contributed by atoms with Crippen LogP contribution in [0.4, 0.5) is 5.69 Å². The molecule has 58 heavy (non-hydrogen) atoms. The second-order valence-electron chi connectivity index (χ2n) is 17.2. The monoisotopic (exact) mass is 780 g/mol. The predicted molar refractivity (Wildman–Crippen MR) is 247 cm³/mol. The Morgan fingerprint density at radius 1 is 0.741 bits per heavy atom. The van der Waals surface area contributed by atoms with Gasteiger partial charge in [-0.1, -0.05) is 139 Å². The van der Waals surface area contributed by atoms with Gasteiger partial charge in [-0.25, -0.2) is 0 Å². The fourth-order valence-corrected chi connectivity index (χ4v) is 10.2. The van der Waals surface area contributed by atoms with Crippen molar-refractivity contribution >= 4 is 44.6 Å². The SMILES string of the molecule is CCCCC1=C(/C=C/C2=C(Oc3ccc(SC#N)cc3)C(=C/C=C3/N(CCCC)c4ccc5ccccc5c4C3(C)C)/CCC2)C(C)(C)c2c1ccc1ccccc21. The molecule has 0 atom stereocenters. The first-order valence-corrected chi connectivity index (χ1v) is 22.2. The van der Waals surface area contributed by atoms with Crippen molar-refractivity contribution in [2.75, 3.05) is 11.4 Å². The van der Waals surface area contributed by atoms with Gasteiger partial charge in [-0.2, -0.15) is 5.26 Å². The van der Waals surface area contributed by atoms with E-state index in [9.17, 15) is 5.26 Å². The van der Waals surface area contributed by atoms with Crippen molar-refractivity contribution in [1.82, 2.24) is 0 Å². The van der Waals surface area contributed by atoms with Gasteiger partial charge in [-0.15, -0.1) is 0 Å². The van der Waals surface area contributed by atoms with Crippen molar-refractivity contribution in [2.24, 2.45) is 0 Å². The van der Waals surface area contributed by atoms with Crippen LogP contribution in [0.5, 0.6) is 5.75 Å². The van der Waals surface area contributed by atoms with Crippen LogP contribution < -0.4 is 9.64 Å². The van der Waals surface area contributed by atoms with E-state index in [4.69, 9.17) is 4.74 Å². The molecule has 0 saturated carbocycles. The maximum Gasteiger partial charge on any atom is 0.138 e. The Morgan fingerprint density at radius 2 is 1.43 bits per heavy atom. The van der Waals surface area contributed by atoms with E-state index in [-0.39, 0.29) is 10.8 Å². The summed E-state index contributed by atoms with van der Waals surface area (Å²) in [6, 6.07) is 35.0. The van der Waals surface area contributed by atoms with Crippen molar-refractivity contribution < 1.29 is 4.74 Å². The van der Waals surface area contributed by atoms with Crippen molar-refractivity contribution in [3.05, 3.63) is 166 Å². The number of hydrogen-bond donors (Lipinski definition) is 0. The Kier molecular flexibility index (Phi) is 11.3. The Morgan fingerprint density at radius 3 is 2.14 bits per heavy atom. The quantitative estimate of drug-likeness (QED) is 0.0933. The second-order valence-corrected chi connectivity index (χ2v) is 18.1. The average Bonchev–Trinajstić information content (AvgIpc) is 3.59. The van der Waals surface area contributed by atoms with Gasteiger partial charge in [-0.3, -0.25) is 0 Å². The smallest absolute Gasteiger partial charge is 0.138 e. The van der Waals surface area contributed by atoms with Crippen LogP contribution in [0.1, 0.15) is 110 Å². The first-order valence-electron chi connectivity index (χ1n) is 21.4. The van der Waals surface area contributed by atoms with Crippen molar-refractivity contribution in [3.63, 3.8) is 0 Å². The largest absolute Gasteiger partial charge is 0.457 e. The minimum absolute atomic E-state index is 0.140. The number of allylic oxidation sites excluding steroid dienone is 9. The van der Waals surface area contributed by atoms with Crippen LogP contribution in [0.25, 0.3) is 27.1 Å². The van der Waals surface area contributed by atoms with E-state index in [1.54, 1.807) is 0 Å². The van der Waals surface area contributed by atoms with Gasteiger partial charge in [-0.05, 0) is 147 Å². The summed E-state index contributed by atoms with van der Waals surface area (Å²) < 4.78 is 6.98. The molecule has 4 heteroatoms. The van der Waals surface area contributed by atoms with Gasteiger partial charge in [0.1, 0.15) is 16.9 Å². The van der Waals surface area contributed by atoms with Crippen molar-refractivity contribution in [1.29, 1.82) is 5.26 Å². The predicted octanol–water partition coefficient (Wildman–Crippen LogP) is 15.3. The molecule has 5 aromatic rings. The molecule has 5 aromatic carbocycles. The molecular formula is C54H56N2OS. The summed E-state index contributed by atoms with van der Waals surface area (Å²) in [6.07, 6.45) is 18.2. The number of ether oxygens (including phenoxy) is 1. The minimum atomic E-state index is -0.175. The van der Waals surface area contributed by atoms with Crippen LogP contribution in [-0.4, -0.2) is 6.54 Å². The van der Waals surface area contributed by atoms with Gasteiger partial charge in [0.2, 0.25) is 0 Å².